The Balaban J connectivity index is 2.18. The number of rotatable bonds is 2. The van der Waals surface area contributed by atoms with Crippen molar-refractivity contribution in [1.82, 2.24) is 0 Å². The van der Waals surface area contributed by atoms with Crippen molar-refractivity contribution < 1.29 is 13.6 Å². The van der Waals surface area contributed by atoms with E-state index in [2.05, 4.69) is 21.2 Å². The van der Waals surface area contributed by atoms with E-state index in [1.54, 1.807) is 6.07 Å². The first-order chi connectivity index (χ1) is 8.04. The monoisotopic (exact) mass is 317 g/mol. The maximum Gasteiger partial charge on any atom is 0.291 e. The molecule has 0 fully saturated rings. The molecule has 0 aliphatic heterocycles. The summed E-state index contributed by atoms with van der Waals surface area (Å²) in [5, 5.41) is 2.68. The van der Waals surface area contributed by atoms with Gasteiger partial charge in [-0.25, -0.2) is 4.39 Å². The lowest BCUT2D eigenvalue weighted by atomic mass is 10.3. The van der Waals surface area contributed by atoms with Crippen molar-refractivity contribution in [2.45, 2.75) is 0 Å². The van der Waals surface area contributed by atoms with Crippen LogP contribution in [0.2, 0.25) is 5.02 Å². The van der Waals surface area contributed by atoms with Crippen molar-refractivity contribution in [3.63, 3.8) is 0 Å². The van der Waals surface area contributed by atoms with Crippen LogP contribution >= 0.6 is 27.5 Å². The van der Waals surface area contributed by atoms with Gasteiger partial charge in [0.05, 0.1) is 0 Å². The van der Waals surface area contributed by atoms with E-state index in [0.717, 1.165) is 6.07 Å². The summed E-state index contributed by atoms with van der Waals surface area (Å²) in [4.78, 5) is 11.7. The Bertz CT molecular complexity index is 550. The number of amides is 1. The van der Waals surface area contributed by atoms with Crippen molar-refractivity contribution >= 4 is 39.1 Å². The predicted octanol–water partition coefficient (Wildman–Crippen LogP) is 4.09. The number of benzene rings is 1. The van der Waals surface area contributed by atoms with Crippen LogP contribution in [-0.2, 0) is 0 Å². The molecule has 1 heterocycles. The van der Waals surface area contributed by atoms with Gasteiger partial charge in [0.15, 0.2) is 10.4 Å². The quantitative estimate of drug-likeness (QED) is 0.906. The van der Waals surface area contributed by atoms with Crippen molar-refractivity contribution in [3.05, 3.63) is 51.6 Å². The van der Waals surface area contributed by atoms with Gasteiger partial charge in [-0.3, -0.25) is 4.79 Å². The van der Waals surface area contributed by atoms with E-state index in [1.807, 2.05) is 0 Å². The summed E-state index contributed by atoms with van der Waals surface area (Å²) >= 11 is 8.74. The Morgan fingerprint density at radius 1 is 1.35 bits per heavy atom. The van der Waals surface area contributed by atoms with E-state index >= 15 is 0 Å². The van der Waals surface area contributed by atoms with E-state index < -0.39 is 11.7 Å². The maximum absolute atomic E-state index is 13.0. The van der Waals surface area contributed by atoms with Gasteiger partial charge in [-0.1, -0.05) is 11.6 Å². The third-order valence-corrected chi connectivity index (χ3v) is 2.56. The molecule has 0 saturated carbocycles. The molecule has 2 rings (SSSR count). The number of nitrogens with one attached hydrogen (secondary N) is 1. The lowest BCUT2D eigenvalue weighted by molar-refractivity contribution is 0.0995. The van der Waals surface area contributed by atoms with E-state index in [9.17, 15) is 9.18 Å². The first kappa shape index (κ1) is 12.1. The number of halogens is 3. The lowest BCUT2D eigenvalue weighted by Crippen LogP contribution is -2.10. The van der Waals surface area contributed by atoms with Gasteiger partial charge in [0, 0.05) is 10.7 Å². The Kier molecular flexibility index (Phi) is 3.49. The second-order valence-corrected chi connectivity index (χ2v) is 4.43. The van der Waals surface area contributed by atoms with Gasteiger partial charge in [-0.05, 0) is 46.3 Å². The lowest BCUT2D eigenvalue weighted by Gasteiger charge is -2.03. The van der Waals surface area contributed by atoms with Crippen molar-refractivity contribution in [2.24, 2.45) is 0 Å². The predicted molar refractivity (Wildman–Crippen MR) is 65.8 cm³/mol. The van der Waals surface area contributed by atoms with Crippen LogP contribution in [0.1, 0.15) is 10.6 Å². The van der Waals surface area contributed by atoms with Crippen LogP contribution in [-0.4, -0.2) is 5.91 Å². The highest BCUT2D eigenvalue weighted by Crippen LogP contribution is 2.20. The molecule has 1 amide bonds. The second kappa shape index (κ2) is 4.89. The molecule has 0 radical (unpaired) electrons. The fraction of sp³-hybridized carbons (Fsp3) is 0. The molecule has 0 saturated heterocycles. The highest BCUT2D eigenvalue weighted by atomic mass is 79.9. The Labute approximate surface area is 110 Å². The second-order valence-electron chi connectivity index (χ2n) is 3.22. The van der Waals surface area contributed by atoms with Gasteiger partial charge >= 0.3 is 0 Å². The first-order valence-electron chi connectivity index (χ1n) is 4.57. The zero-order valence-electron chi connectivity index (χ0n) is 8.34. The third-order valence-electron chi connectivity index (χ3n) is 1.92. The van der Waals surface area contributed by atoms with Crippen LogP contribution in [0, 0.1) is 5.82 Å². The average Bonchev–Trinajstić information content (AvgIpc) is 2.63. The third kappa shape index (κ3) is 3.08. The number of carbonyl (C=O) groups is 1. The Morgan fingerprint density at radius 2 is 2.12 bits per heavy atom. The van der Waals surface area contributed by atoms with Crippen LogP contribution in [0.4, 0.5) is 10.1 Å². The maximum atomic E-state index is 13.0. The van der Waals surface area contributed by atoms with Crippen LogP contribution in [0.25, 0.3) is 0 Å². The molecule has 1 aromatic heterocycles. The topological polar surface area (TPSA) is 42.2 Å². The van der Waals surface area contributed by atoms with E-state index in [-0.39, 0.29) is 16.5 Å². The van der Waals surface area contributed by atoms with Gasteiger partial charge in [0.2, 0.25) is 0 Å². The average molecular weight is 319 g/mol. The van der Waals surface area contributed by atoms with E-state index in [1.165, 1.54) is 18.2 Å². The fourth-order valence-corrected chi connectivity index (χ4v) is 1.78. The smallest absolute Gasteiger partial charge is 0.291 e. The standard InChI is InChI=1S/C11H6BrClFNO2/c12-10-2-1-9(17-10)11(16)15-8-4-6(13)3-7(14)5-8/h1-5H,(H,15,16). The molecule has 2 aromatic rings. The molecule has 0 unspecified atom stereocenters. The normalized spacial score (nSPS) is 10.3. The van der Waals surface area contributed by atoms with Gasteiger partial charge < -0.3 is 9.73 Å². The van der Waals surface area contributed by atoms with Crippen LogP contribution < -0.4 is 5.32 Å². The summed E-state index contributed by atoms with van der Waals surface area (Å²) in [5.74, 6) is -0.872. The highest BCUT2D eigenvalue weighted by Gasteiger charge is 2.11. The van der Waals surface area contributed by atoms with Crippen LogP contribution in [0.3, 0.4) is 0 Å². The summed E-state index contributed by atoms with van der Waals surface area (Å²) < 4.78 is 18.5. The Morgan fingerprint density at radius 3 is 2.71 bits per heavy atom. The summed E-state index contributed by atoms with van der Waals surface area (Å²) in [6, 6.07) is 6.86. The Hall–Kier alpha value is -1.33. The molecule has 3 nitrogen and oxygen atoms in total. The number of anilines is 1. The van der Waals surface area contributed by atoms with Crippen LogP contribution in [0.15, 0.2) is 39.4 Å². The van der Waals surface area contributed by atoms with Gasteiger partial charge in [0.25, 0.3) is 5.91 Å². The minimum absolute atomic E-state index is 0.122. The van der Waals surface area contributed by atoms with Gasteiger partial charge in [-0.2, -0.15) is 0 Å². The number of hydrogen-bond donors (Lipinski definition) is 1. The van der Waals surface area contributed by atoms with Crippen LogP contribution in [0.5, 0.6) is 0 Å². The molecule has 0 aliphatic rings. The summed E-state index contributed by atoms with van der Waals surface area (Å²) in [7, 11) is 0. The summed E-state index contributed by atoms with van der Waals surface area (Å²) in [6.45, 7) is 0. The van der Waals surface area contributed by atoms with Crippen molar-refractivity contribution in [3.8, 4) is 0 Å². The van der Waals surface area contributed by atoms with Gasteiger partial charge in [0.1, 0.15) is 5.82 Å². The molecular weight excluding hydrogens is 312 g/mol. The molecule has 0 aliphatic carbocycles. The number of hydrogen-bond acceptors (Lipinski definition) is 2. The molecule has 0 spiro atoms. The van der Waals surface area contributed by atoms with Crippen molar-refractivity contribution in [2.75, 3.05) is 5.32 Å². The molecule has 0 atom stereocenters. The minimum atomic E-state index is -0.520. The number of carbonyl (C=O) groups excluding carboxylic acids is 1. The van der Waals surface area contributed by atoms with E-state index in [4.69, 9.17) is 16.0 Å². The molecule has 1 N–H and O–H groups in total. The van der Waals surface area contributed by atoms with E-state index in [0.29, 0.717) is 4.67 Å². The highest BCUT2D eigenvalue weighted by molar-refractivity contribution is 9.10. The number of furan rings is 1. The zero-order valence-corrected chi connectivity index (χ0v) is 10.7. The van der Waals surface area contributed by atoms with Gasteiger partial charge in [-0.15, -0.1) is 0 Å². The SMILES string of the molecule is O=C(Nc1cc(F)cc(Cl)c1)c1ccc(Br)o1. The minimum Gasteiger partial charge on any atom is -0.444 e. The molecular formula is C11H6BrClFNO2. The first-order valence-corrected chi connectivity index (χ1v) is 5.74. The fourth-order valence-electron chi connectivity index (χ4n) is 1.26. The molecule has 17 heavy (non-hydrogen) atoms. The summed E-state index contributed by atoms with van der Waals surface area (Å²) in [6.07, 6.45) is 0. The molecule has 88 valence electrons. The molecule has 1 aromatic carbocycles. The zero-order chi connectivity index (χ0) is 12.4. The summed E-state index contributed by atoms with van der Waals surface area (Å²) in [5.41, 5.74) is 0.271. The molecule has 6 heteroatoms. The van der Waals surface area contributed by atoms with Crippen molar-refractivity contribution in [1.29, 1.82) is 0 Å². The molecule has 0 bridgehead atoms. The largest absolute Gasteiger partial charge is 0.444 e.